The molecular formula is C10H10ClN3O2S. The molecule has 1 aromatic rings. The molecule has 1 unspecified atom stereocenters. The van der Waals surface area contributed by atoms with E-state index in [-0.39, 0.29) is 17.3 Å². The first-order valence-electron chi connectivity index (χ1n) is 4.61. The number of amides is 1. The van der Waals surface area contributed by atoms with Gasteiger partial charge >= 0.3 is 0 Å². The van der Waals surface area contributed by atoms with Crippen molar-refractivity contribution in [2.24, 2.45) is 0 Å². The average Bonchev–Trinajstić information content (AvgIpc) is 2.26. The van der Waals surface area contributed by atoms with Crippen molar-refractivity contribution in [2.45, 2.75) is 4.90 Å². The Balaban J connectivity index is 2.71. The van der Waals surface area contributed by atoms with Crippen molar-refractivity contribution in [3.05, 3.63) is 23.2 Å². The molecule has 90 valence electrons. The first-order valence-corrected chi connectivity index (χ1v) is 6.31. The van der Waals surface area contributed by atoms with Gasteiger partial charge in [0.2, 0.25) is 5.91 Å². The Kier molecular flexibility index (Phi) is 4.94. The number of anilines is 1. The smallest absolute Gasteiger partial charge is 0.233 e. The fourth-order valence-electron chi connectivity index (χ4n) is 1.09. The van der Waals surface area contributed by atoms with Crippen molar-refractivity contribution in [2.75, 3.05) is 18.0 Å². The number of hydrogen-bond donors (Lipinski definition) is 2. The molecule has 3 N–H and O–H groups in total. The Morgan fingerprint density at radius 1 is 1.59 bits per heavy atom. The minimum Gasteiger partial charge on any atom is -0.399 e. The third kappa shape index (κ3) is 4.06. The SMILES string of the molecule is N#CCNC(=O)CS(=O)c1ccc(N)cc1Cl. The van der Waals surface area contributed by atoms with Crippen LogP contribution in [-0.4, -0.2) is 22.4 Å². The minimum atomic E-state index is -1.55. The van der Waals surface area contributed by atoms with E-state index < -0.39 is 16.7 Å². The Morgan fingerprint density at radius 3 is 2.88 bits per heavy atom. The molecule has 0 heterocycles. The van der Waals surface area contributed by atoms with Crippen LogP contribution in [0.15, 0.2) is 23.1 Å². The minimum absolute atomic E-state index is 0.106. The summed E-state index contributed by atoms with van der Waals surface area (Å²) in [6.45, 7) is -0.106. The number of rotatable bonds is 4. The first-order chi connectivity index (χ1) is 8.04. The summed E-state index contributed by atoms with van der Waals surface area (Å²) in [5.41, 5.74) is 5.96. The number of nitrogens with zero attached hydrogens (tertiary/aromatic N) is 1. The number of nitriles is 1. The maximum Gasteiger partial charge on any atom is 0.233 e. The molecule has 1 amide bonds. The van der Waals surface area contributed by atoms with Crippen LogP contribution in [0.3, 0.4) is 0 Å². The Bertz CT molecular complexity index is 499. The molecule has 1 rings (SSSR count). The van der Waals surface area contributed by atoms with Crippen molar-refractivity contribution in [1.29, 1.82) is 5.26 Å². The quantitative estimate of drug-likeness (QED) is 0.621. The molecule has 0 aliphatic carbocycles. The number of halogens is 1. The van der Waals surface area contributed by atoms with Gasteiger partial charge < -0.3 is 11.1 Å². The normalized spacial score (nSPS) is 11.5. The number of hydrogen-bond acceptors (Lipinski definition) is 4. The van der Waals surface area contributed by atoms with Crippen molar-refractivity contribution in [1.82, 2.24) is 5.32 Å². The molecule has 0 aromatic heterocycles. The average molecular weight is 272 g/mol. The molecule has 17 heavy (non-hydrogen) atoms. The van der Waals surface area contributed by atoms with Crippen molar-refractivity contribution >= 4 is 34.0 Å². The van der Waals surface area contributed by atoms with Gasteiger partial charge in [0, 0.05) is 5.69 Å². The highest BCUT2D eigenvalue weighted by Crippen LogP contribution is 2.22. The van der Waals surface area contributed by atoms with Gasteiger partial charge in [-0.2, -0.15) is 5.26 Å². The van der Waals surface area contributed by atoms with E-state index in [1.807, 2.05) is 0 Å². The lowest BCUT2D eigenvalue weighted by molar-refractivity contribution is -0.118. The van der Waals surface area contributed by atoms with Gasteiger partial charge in [0.1, 0.15) is 12.3 Å². The topological polar surface area (TPSA) is 96.0 Å². The molecule has 0 saturated heterocycles. The maximum absolute atomic E-state index is 11.8. The summed E-state index contributed by atoms with van der Waals surface area (Å²) in [7, 11) is -1.55. The number of nitrogen functional groups attached to an aromatic ring is 1. The molecule has 7 heteroatoms. The summed E-state index contributed by atoms with van der Waals surface area (Å²) in [6.07, 6.45) is 0. The van der Waals surface area contributed by atoms with Crippen LogP contribution in [0, 0.1) is 11.3 Å². The molecule has 5 nitrogen and oxygen atoms in total. The molecule has 0 aliphatic rings. The zero-order valence-corrected chi connectivity index (χ0v) is 10.3. The van der Waals surface area contributed by atoms with Crippen LogP contribution < -0.4 is 11.1 Å². The summed E-state index contributed by atoms with van der Waals surface area (Å²) in [6, 6.07) is 6.31. The van der Waals surface area contributed by atoms with Crippen LogP contribution in [0.5, 0.6) is 0 Å². The maximum atomic E-state index is 11.8. The van der Waals surface area contributed by atoms with E-state index in [1.165, 1.54) is 12.1 Å². The van der Waals surface area contributed by atoms with E-state index in [2.05, 4.69) is 5.32 Å². The summed E-state index contributed by atoms with van der Waals surface area (Å²) in [4.78, 5) is 11.6. The largest absolute Gasteiger partial charge is 0.399 e. The number of carbonyl (C=O) groups excluding carboxylic acids is 1. The number of nitrogens with one attached hydrogen (secondary N) is 1. The van der Waals surface area contributed by atoms with Crippen molar-refractivity contribution in [3.63, 3.8) is 0 Å². The monoisotopic (exact) mass is 271 g/mol. The zero-order chi connectivity index (χ0) is 12.8. The Hall–Kier alpha value is -1.58. The van der Waals surface area contributed by atoms with Crippen LogP contribution in [0.4, 0.5) is 5.69 Å². The van der Waals surface area contributed by atoms with Crippen molar-refractivity contribution < 1.29 is 9.00 Å². The Morgan fingerprint density at radius 2 is 2.29 bits per heavy atom. The van der Waals surface area contributed by atoms with Crippen LogP contribution in [0.25, 0.3) is 0 Å². The van der Waals surface area contributed by atoms with Crippen molar-refractivity contribution in [3.8, 4) is 6.07 Å². The highest BCUT2D eigenvalue weighted by molar-refractivity contribution is 7.85. The fourth-order valence-corrected chi connectivity index (χ4v) is 2.53. The second-order valence-electron chi connectivity index (χ2n) is 3.11. The molecule has 0 fully saturated rings. The summed E-state index contributed by atoms with van der Waals surface area (Å²) >= 11 is 5.86. The van der Waals surface area contributed by atoms with Crippen LogP contribution >= 0.6 is 11.6 Å². The zero-order valence-electron chi connectivity index (χ0n) is 8.77. The van der Waals surface area contributed by atoms with Gasteiger partial charge in [-0.05, 0) is 18.2 Å². The summed E-state index contributed by atoms with van der Waals surface area (Å²) in [5, 5.41) is 10.8. The van der Waals surface area contributed by atoms with E-state index in [0.717, 1.165) is 0 Å². The van der Waals surface area contributed by atoms with Crippen LogP contribution in [0.1, 0.15) is 0 Å². The predicted octanol–water partition coefficient (Wildman–Crippen LogP) is 0.670. The second kappa shape index (κ2) is 6.23. The van der Waals surface area contributed by atoms with E-state index >= 15 is 0 Å². The van der Waals surface area contributed by atoms with Crippen LogP contribution in [0.2, 0.25) is 5.02 Å². The molecule has 0 aliphatic heterocycles. The number of benzene rings is 1. The van der Waals surface area contributed by atoms with E-state index in [0.29, 0.717) is 10.6 Å². The fraction of sp³-hybridized carbons (Fsp3) is 0.200. The number of carbonyl (C=O) groups is 1. The standard InChI is InChI=1S/C10H10ClN3O2S/c11-8-5-7(13)1-2-9(8)17(16)6-10(15)14-4-3-12/h1-2,5H,4,6,13H2,(H,14,15). The lowest BCUT2D eigenvalue weighted by Gasteiger charge is -2.05. The van der Waals surface area contributed by atoms with Gasteiger partial charge in [-0.1, -0.05) is 11.6 Å². The molecular weight excluding hydrogens is 262 g/mol. The first kappa shape index (κ1) is 13.5. The lowest BCUT2D eigenvalue weighted by Crippen LogP contribution is -2.28. The highest BCUT2D eigenvalue weighted by Gasteiger charge is 2.13. The molecule has 0 radical (unpaired) electrons. The van der Waals surface area contributed by atoms with E-state index in [4.69, 9.17) is 22.6 Å². The van der Waals surface area contributed by atoms with Crippen LogP contribution in [-0.2, 0) is 15.6 Å². The molecule has 0 spiro atoms. The van der Waals surface area contributed by atoms with Gasteiger partial charge in [-0.25, -0.2) is 0 Å². The van der Waals surface area contributed by atoms with E-state index in [1.54, 1.807) is 12.1 Å². The third-order valence-corrected chi connectivity index (χ3v) is 3.62. The predicted molar refractivity (Wildman–Crippen MR) is 65.8 cm³/mol. The molecule has 0 saturated carbocycles. The second-order valence-corrected chi connectivity index (χ2v) is 4.94. The lowest BCUT2D eigenvalue weighted by atomic mass is 10.3. The molecule has 0 bridgehead atoms. The van der Waals surface area contributed by atoms with Gasteiger partial charge in [0.25, 0.3) is 0 Å². The Labute approximate surface area is 106 Å². The van der Waals surface area contributed by atoms with Gasteiger partial charge in [-0.3, -0.25) is 9.00 Å². The molecule has 1 atom stereocenters. The summed E-state index contributed by atoms with van der Waals surface area (Å²) < 4.78 is 11.8. The highest BCUT2D eigenvalue weighted by atomic mass is 35.5. The number of nitrogens with two attached hydrogens (primary N) is 1. The molecule has 1 aromatic carbocycles. The van der Waals surface area contributed by atoms with Gasteiger partial charge in [0.05, 0.1) is 26.8 Å². The third-order valence-electron chi connectivity index (χ3n) is 1.83. The van der Waals surface area contributed by atoms with Gasteiger partial charge in [0.15, 0.2) is 0 Å². The van der Waals surface area contributed by atoms with E-state index in [9.17, 15) is 9.00 Å². The van der Waals surface area contributed by atoms with Gasteiger partial charge in [-0.15, -0.1) is 0 Å². The summed E-state index contributed by atoms with van der Waals surface area (Å²) in [5.74, 6) is -0.691.